The minimum absolute atomic E-state index is 0.830. The van der Waals surface area contributed by atoms with Gasteiger partial charge in [0.25, 0.3) is 0 Å². The first kappa shape index (κ1) is 17.9. The van der Waals surface area contributed by atoms with Crippen molar-refractivity contribution in [2.24, 2.45) is 0 Å². The lowest BCUT2D eigenvalue weighted by molar-refractivity contribution is 0.352. The van der Waals surface area contributed by atoms with Gasteiger partial charge in [-0.2, -0.15) is 0 Å². The summed E-state index contributed by atoms with van der Waals surface area (Å²) in [5.41, 5.74) is 3.45. The van der Waals surface area contributed by atoms with Crippen LogP contribution in [0.1, 0.15) is 31.2 Å². The van der Waals surface area contributed by atoms with Gasteiger partial charge in [0, 0.05) is 10.9 Å². The van der Waals surface area contributed by atoms with Gasteiger partial charge in [0.2, 0.25) is 0 Å². The van der Waals surface area contributed by atoms with Gasteiger partial charge >= 0.3 is 0 Å². The second-order valence-electron chi connectivity index (χ2n) is 5.56. The number of hydrogen-bond acceptors (Lipinski definition) is 2. The van der Waals surface area contributed by atoms with E-state index in [0.717, 1.165) is 34.4 Å². The number of hydrogen-bond donors (Lipinski definition) is 0. The highest BCUT2D eigenvalue weighted by atomic mass is 79.9. The number of benzene rings is 2. The molecule has 0 aliphatic heterocycles. The van der Waals surface area contributed by atoms with Crippen LogP contribution in [0.2, 0.25) is 0 Å². The average molecular weight is 377 g/mol. The fraction of sp³-hybridized carbons (Fsp3) is 0.400. The molecule has 0 aromatic heterocycles. The number of alkyl halides is 1. The molecule has 0 aliphatic rings. The molecule has 3 heteroatoms. The predicted octanol–water partition coefficient (Wildman–Crippen LogP) is 5.87. The fourth-order valence-electron chi connectivity index (χ4n) is 2.84. The first-order chi connectivity index (χ1) is 11.3. The van der Waals surface area contributed by atoms with Crippen LogP contribution in [0.3, 0.4) is 0 Å². The molecule has 23 heavy (non-hydrogen) atoms. The van der Waals surface area contributed by atoms with Crippen molar-refractivity contribution in [1.29, 1.82) is 0 Å². The highest BCUT2D eigenvalue weighted by Gasteiger charge is 2.15. The van der Waals surface area contributed by atoms with Crippen LogP contribution in [0.25, 0.3) is 11.1 Å². The van der Waals surface area contributed by atoms with E-state index in [-0.39, 0.29) is 0 Å². The zero-order valence-electron chi connectivity index (χ0n) is 14.0. The molecule has 0 aliphatic carbocycles. The third-order valence-corrected chi connectivity index (χ3v) is 4.58. The zero-order chi connectivity index (χ0) is 16.5. The SMILES string of the molecule is COc1c(CCCCCCBr)ccc(-c2ccccc2)c1OC. The molecule has 2 aromatic rings. The van der Waals surface area contributed by atoms with Crippen molar-refractivity contribution in [2.75, 3.05) is 19.5 Å². The molecule has 0 saturated heterocycles. The Labute approximate surface area is 148 Å². The second kappa shape index (κ2) is 9.61. The van der Waals surface area contributed by atoms with Gasteiger partial charge in [-0.25, -0.2) is 0 Å². The monoisotopic (exact) mass is 376 g/mol. The summed E-state index contributed by atoms with van der Waals surface area (Å²) >= 11 is 3.48. The summed E-state index contributed by atoms with van der Waals surface area (Å²) in [5, 5.41) is 1.09. The molecule has 2 rings (SSSR count). The zero-order valence-corrected chi connectivity index (χ0v) is 15.6. The average Bonchev–Trinajstić information content (AvgIpc) is 2.61. The lowest BCUT2D eigenvalue weighted by Gasteiger charge is -2.17. The van der Waals surface area contributed by atoms with Crippen LogP contribution < -0.4 is 9.47 Å². The summed E-state index contributed by atoms with van der Waals surface area (Å²) in [6.45, 7) is 0. The highest BCUT2D eigenvalue weighted by Crippen LogP contribution is 2.41. The van der Waals surface area contributed by atoms with Gasteiger partial charge < -0.3 is 9.47 Å². The lowest BCUT2D eigenvalue weighted by atomic mass is 9.98. The van der Waals surface area contributed by atoms with Crippen LogP contribution in [0.15, 0.2) is 42.5 Å². The standard InChI is InChI=1S/C20H25BrO2/c1-22-19-17(12-6-3-4-9-15-21)13-14-18(20(19)23-2)16-10-7-5-8-11-16/h5,7-8,10-11,13-14H,3-4,6,9,12,15H2,1-2H3. The van der Waals surface area contributed by atoms with E-state index in [9.17, 15) is 0 Å². The first-order valence-electron chi connectivity index (χ1n) is 8.17. The third kappa shape index (κ3) is 4.74. The quantitative estimate of drug-likeness (QED) is 0.402. The van der Waals surface area contributed by atoms with Crippen molar-refractivity contribution in [1.82, 2.24) is 0 Å². The molecule has 0 atom stereocenters. The Balaban J connectivity index is 2.21. The Hall–Kier alpha value is -1.48. The van der Waals surface area contributed by atoms with E-state index in [2.05, 4.69) is 40.2 Å². The van der Waals surface area contributed by atoms with Crippen LogP contribution in [0, 0.1) is 0 Å². The minimum Gasteiger partial charge on any atom is -0.493 e. The molecule has 0 radical (unpaired) electrons. The molecule has 0 bridgehead atoms. The highest BCUT2D eigenvalue weighted by molar-refractivity contribution is 9.09. The van der Waals surface area contributed by atoms with Crippen molar-refractivity contribution >= 4 is 15.9 Å². The lowest BCUT2D eigenvalue weighted by Crippen LogP contribution is -1.99. The molecule has 2 nitrogen and oxygen atoms in total. The molecule has 0 saturated carbocycles. The molecule has 2 aromatic carbocycles. The summed E-state index contributed by atoms with van der Waals surface area (Å²) in [7, 11) is 3.44. The van der Waals surface area contributed by atoms with E-state index < -0.39 is 0 Å². The van der Waals surface area contributed by atoms with Crippen LogP contribution in [-0.2, 0) is 6.42 Å². The number of aryl methyl sites for hydroxylation is 1. The number of unbranched alkanes of at least 4 members (excludes halogenated alkanes) is 3. The largest absolute Gasteiger partial charge is 0.493 e. The smallest absolute Gasteiger partial charge is 0.168 e. The Morgan fingerprint density at radius 2 is 1.48 bits per heavy atom. The van der Waals surface area contributed by atoms with Crippen molar-refractivity contribution in [3.8, 4) is 22.6 Å². The van der Waals surface area contributed by atoms with E-state index in [4.69, 9.17) is 9.47 Å². The van der Waals surface area contributed by atoms with Crippen molar-refractivity contribution in [2.45, 2.75) is 32.1 Å². The number of halogens is 1. The Morgan fingerprint density at radius 3 is 2.13 bits per heavy atom. The molecule has 0 heterocycles. The Morgan fingerprint density at radius 1 is 0.783 bits per heavy atom. The van der Waals surface area contributed by atoms with Gasteiger partial charge in [0.15, 0.2) is 11.5 Å². The topological polar surface area (TPSA) is 18.5 Å². The molecular weight excluding hydrogens is 352 g/mol. The van der Waals surface area contributed by atoms with Gasteiger partial charge in [-0.05, 0) is 30.4 Å². The number of methoxy groups -OCH3 is 2. The first-order valence-corrected chi connectivity index (χ1v) is 9.29. The third-order valence-electron chi connectivity index (χ3n) is 4.02. The van der Waals surface area contributed by atoms with E-state index in [1.54, 1.807) is 14.2 Å². The van der Waals surface area contributed by atoms with Gasteiger partial charge in [-0.3, -0.25) is 0 Å². The van der Waals surface area contributed by atoms with Gasteiger partial charge in [0.05, 0.1) is 14.2 Å². The summed E-state index contributed by atoms with van der Waals surface area (Å²) < 4.78 is 11.4. The Bertz CT molecular complexity index is 596. The summed E-state index contributed by atoms with van der Waals surface area (Å²) in [6, 6.07) is 14.6. The van der Waals surface area contributed by atoms with Crippen LogP contribution >= 0.6 is 15.9 Å². The minimum atomic E-state index is 0.830. The van der Waals surface area contributed by atoms with Gasteiger partial charge in [0.1, 0.15) is 0 Å². The van der Waals surface area contributed by atoms with E-state index in [1.807, 2.05) is 18.2 Å². The molecule has 0 fully saturated rings. The van der Waals surface area contributed by atoms with E-state index in [1.165, 1.54) is 31.2 Å². The maximum absolute atomic E-state index is 5.68. The Kier molecular flexibility index (Phi) is 7.47. The summed E-state index contributed by atoms with van der Waals surface area (Å²) in [4.78, 5) is 0. The summed E-state index contributed by atoms with van der Waals surface area (Å²) in [6.07, 6.45) is 5.96. The normalized spacial score (nSPS) is 10.6. The van der Waals surface area contributed by atoms with Crippen LogP contribution in [-0.4, -0.2) is 19.5 Å². The van der Waals surface area contributed by atoms with Crippen LogP contribution in [0.5, 0.6) is 11.5 Å². The van der Waals surface area contributed by atoms with Gasteiger partial charge in [-0.1, -0.05) is 71.2 Å². The number of rotatable bonds is 9. The van der Waals surface area contributed by atoms with Crippen molar-refractivity contribution in [3.05, 3.63) is 48.0 Å². The summed E-state index contributed by atoms with van der Waals surface area (Å²) in [5.74, 6) is 1.70. The van der Waals surface area contributed by atoms with Crippen molar-refractivity contribution < 1.29 is 9.47 Å². The molecular formula is C20H25BrO2. The second-order valence-corrected chi connectivity index (χ2v) is 6.35. The number of ether oxygens (including phenoxy) is 2. The predicted molar refractivity (Wildman–Crippen MR) is 101 cm³/mol. The maximum Gasteiger partial charge on any atom is 0.168 e. The van der Waals surface area contributed by atoms with Gasteiger partial charge in [-0.15, -0.1) is 0 Å². The van der Waals surface area contributed by atoms with Crippen molar-refractivity contribution in [3.63, 3.8) is 0 Å². The molecule has 0 unspecified atom stereocenters. The molecule has 0 spiro atoms. The van der Waals surface area contributed by atoms with E-state index >= 15 is 0 Å². The molecule has 0 amide bonds. The fourth-order valence-corrected chi connectivity index (χ4v) is 3.23. The molecule has 124 valence electrons. The maximum atomic E-state index is 5.68. The van der Waals surface area contributed by atoms with E-state index in [0.29, 0.717) is 0 Å². The molecule has 0 N–H and O–H groups in total. The van der Waals surface area contributed by atoms with Crippen LogP contribution in [0.4, 0.5) is 0 Å².